The summed E-state index contributed by atoms with van der Waals surface area (Å²) in [6.07, 6.45) is 11.4. The zero-order chi connectivity index (χ0) is 14.0. The van der Waals surface area contributed by atoms with E-state index in [-0.39, 0.29) is 6.10 Å². The standard InChI is InChI=1S/C17H26OS/c1-5-13-8-6-7-12(2)14(13)11-15(18)16-9-10-17(3,4)19-16/h5-8,12,14-16,18H,1,9-11H2,2-4H3. The van der Waals surface area contributed by atoms with E-state index in [9.17, 15) is 5.11 Å². The molecule has 0 aromatic heterocycles. The lowest BCUT2D eigenvalue weighted by molar-refractivity contribution is 0.137. The zero-order valence-electron chi connectivity index (χ0n) is 12.3. The minimum Gasteiger partial charge on any atom is -0.392 e. The molecule has 4 atom stereocenters. The number of allylic oxidation sites excluding steroid dienone is 5. The SMILES string of the molecule is C=CC1=CC=CC(C)C1CC(O)C1CCC(C)(C)S1. The van der Waals surface area contributed by atoms with Gasteiger partial charge in [0.15, 0.2) is 0 Å². The first kappa shape index (κ1) is 14.9. The Labute approximate surface area is 121 Å². The number of thioether (sulfide) groups is 1. The van der Waals surface area contributed by atoms with Crippen molar-refractivity contribution in [1.82, 2.24) is 0 Å². The van der Waals surface area contributed by atoms with Crippen LogP contribution in [0.15, 0.2) is 36.5 Å². The number of aliphatic hydroxyl groups excluding tert-OH is 1. The van der Waals surface area contributed by atoms with Crippen LogP contribution in [-0.4, -0.2) is 21.2 Å². The van der Waals surface area contributed by atoms with E-state index < -0.39 is 0 Å². The second-order valence-electron chi connectivity index (χ2n) is 6.48. The molecular weight excluding hydrogens is 252 g/mol. The van der Waals surface area contributed by atoms with Gasteiger partial charge in [-0.05, 0) is 36.7 Å². The minimum atomic E-state index is -0.200. The molecule has 0 aromatic carbocycles. The molecule has 1 heterocycles. The monoisotopic (exact) mass is 278 g/mol. The van der Waals surface area contributed by atoms with E-state index >= 15 is 0 Å². The van der Waals surface area contributed by atoms with Crippen LogP contribution in [0.3, 0.4) is 0 Å². The van der Waals surface area contributed by atoms with Gasteiger partial charge in [-0.1, -0.05) is 51.7 Å². The Morgan fingerprint density at radius 2 is 2.32 bits per heavy atom. The van der Waals surface area contributed by atoms with E-state index in [0.717, 1.165) is 12.8 Å². The van der Waals surface area contributed by atoms with Crippen molar-refractivity contribution in [2.45, 2.75) is 56.1 Å². The third-order valence-corrected chi connectivity index (χ3v) is 6.12. The topological polar surface area (TPSA) is 20.2 Å². The summed E-state index contributed by atoms with van der Waals surface area (Å²) in [5.41, 5.74) is 1.27. The highest BCUT2D eigenvalue weighted by molar-refractivity contribution is 8.01. The van der Waals surface area contributed by atoms with Crippen molar-refractivity contribution in [3.8, 4) is 0 Å². The highest BCUT2D eigenvalue weighted by Crippen LogP contribution is 2.45. The smallest absolute Gasteiger partial charge is 0.0665 e. The Balaban J connectivity index is 1.98. The van der Waals surface area contributed by atoms with E-state index in [0.29, 0.717) is 21.8 Å². The second kappa shape index (κ2) is 5.88. The van der Waals surface area contributed by atoms with Crippen LogP contribution >= 0.6 is 11.8 Å². The van der Waals surface area contributed by atoms with Gasteiger partial charge in [0.25, 0.3) is 0 Å². The van der Waals surface area contributed by atoms with Crippen LogP contribution in [-0.2, 0) is 0 Å². The van der Waals surface area contributed by atoms with E-state index in [2.05, 4.69) is 45.6 Å². The van der Waals surface area contributed by atoms with Crippen molar-refractivity contribution in [3.63, 3.8) is 0 Å². The lowest BCUT2D eigenvalue weighted by atomic mass is 9.79. The maximum Gasteiger partial charge on any atom is 0.0665 e. The zero-order valence-corrected chi connectivity index (χ0v) is 13.1. The van der Waals surface area contributed by atoms with Crippen molar-refractivity contribution in [3.05, 3.63) is 36.5 Å². The summed E-state index contributed by atoms with van der Waals surface area (Å²) < 4.78 is 0.334. The Morgan fingerprint density at radius 3 is 2.89 bits per heavy atom. The van der Waals surface area contributed by atoms with Crippen molar-refractivity contribution in [2.24, 2.45) is 11.8 Å². The third-order valence-electron chi connectivity index (χ3n) is 4.43. The number of hydrogen-bond acceptors (Lipinski definition) is 2. The first-order valence-electron chi connectivity index (χ1n) is 7.29. The maximum atomic E-state index is 10.6. The lowest BCUT2D eigenvalue weighted by Crippen LogP contribution is -2.28. The molecule has 2 rings (SSSR count). The average molecular weight is 278 g/mol. The van der Waals surface area contributed by atoms with Crippen LogP contribution in [0.1, 0.15) is 40.0 Å². The van der Waals surface area contributed by atoms with E-state index in [1.54, 1.807) is 0 Å². The van der Waals surface area contributed by atoms with Gasteiger partial charge in [-0.2, -0.15) is 0 Å². The van der Waals surface area contributed by atoms with Crippen molar-refractivity contribution >= 4 is 11.8 Å². The summed E-state index contributed by atoms with van der Waals surface area (Å²) in [4.78, 5) is 0. The van der Waals surface area contributed by atoms with Gasteiger partial charge in [-0.15, -0.1) is 11.8 Å². The summed E-state index contributed by atoms with van der Waals surface area (Å²) in [5, 5.41) is 11.0. The van der Waals surface area contributed by atoms with Crippen LogP contribution in [0, 0.1) is 11.8 Å². The molecular formula is C17H26OS. The molecule has 1 aliphatic carbocycles. The largest absolute Gasteiger partial charge is 0.392 e. The molecule has 1 nitrogen and oxygen atoms in total. The van der Waals surface area contributed by atoms with Crippen LogP contribution in [0.2, 0.25) is 0 Å². The van der Waals surface area contributed by atoms with Crippen LogP contribution < -0.4 is 0 Å². The van der Waals surface area contributed by atoms with Gasteiger partial charge < -0.3 is 5.11 Å². The third kappa shape index (κ3) is 3.55. The maximum absolute atomic E-state index is 10.6. The van der Waals surface area contributed by atoms with E-state index in [4.69, 9.17) is 0 Å². The Bertz CT molecular complexity index is 394. The lowest BCUT2D eigenvalue weighted by Gasteiger charge is -2.30. The van der Waals surface area contributed by atoms with Crippen LogP contribution in [0.5, 0.6) is 0 Å². The van der Waals surface area contributed by atoms with Gasteiger partial charge in [0, 0.05) is 10.00 Å². The summed E-state index contributed by atoms with van der Waals surface area (Å²) in [6, 6.07) is 0. The molecule has 1 saturated heterocycles. The molecule has 19 heavy (non-hydrogen) atoms. The molecule has 106 valence electrons. The molecule has 0 radical (unpaired) electrons. The first-order chi connectivity index (χ1) is 8.93. The summed E-state index contributed by atoms with van der Waals surface area (Å²) in [6.45, 7) is 10.7. The first-order valence-corrected chi connectivity index (χ1v) is 8.17. The summed E-state index contributed by atoms with van der Waals surface area (Å²) in [5.74, 6) is 0.911. The predicted molar refractivity (Wildman–Crippen MR) is 85.4 cm³/mol. The fraction of sp³-hybridized carbons (Fsp3) is 0.647. The predicted octanol–water partition coefficient (Wildman–Crippen LogP) is 4.35. The van der Waals surface area contributed by atoms with Crippen molar-refractivity contribution in [1.29, 1.82) is 0 Å². The van der Waals surface area contributed by atoms with Gasteiger partial charge in [-0.25, -0.2) is 0 Å². The molecule has 4 unspecified atom stereocenters. The quantitative estimate of drug-likeness (QED) is 0.825. The number of hydrogen-bond donors (Lipinski definition) is 1. The molecule has 0 aromatic rings. The van der Waals surface area contributed by atoms with Gasteiger partial charge >= 0.3 is 0 Å². The highest BCUT2D eigenvalue weighted by atomic mass is 32.2. The van der Waals surface area contributed by atoms with Gasteiger partial charge in [-0.3, -0.25) is 0 Å². The summed E-state index contributed by atoms with van der Waals surface area (Å²) >= 11 is 1.96. The molecule has 1 fully saturated rings. The Kier molecular flexibility index (Phi) is 4.62. The molecule has 2 heteroatoms. The fourth-order valence-corrected chi connectivity index (χ4v) is 4.73. The van der Waals surface area contributed by atoms with Crippen LogP contribution in [0.4, 0.5) is 0 Å². The molecule has 0 bridgehead atoms. The molecule has 1 aliphatic heterocycles. The molecule has 1 N–H and O–H groups in total. The molecule has 0 spiro atoms. The normalized spacial score (nSPS) is 34.9. The number of rotatable bonds is 4. The average Bonchev–Trinajstić information content (AvgIpc) is 2.72. The molecule has 0 saturated carbocycles. The van der Waals surface area contributed by atoms with Crippen molar-refractivity contribution in [2.75, 3.05) is 0 Å². The van der Waals surface area contributed by atoms with Gasteiger partial charge in [0.2, 0.25) is 0 Å². The Hall–Kier alpha value is -0.470. The van der Waals surface area contributed by atoms with Crippen LogP contribution in [0.25, 0.3) is 0 Å². The van der Waals surface area contributed by atoms with Crippen molar-refractivity contribution < 1.29 is 5.11 Å². The van der Waals surface area contributed by atoms with Gasteiger partial charge in [0.05, 0.1) is 6.10 Å². The second-order valence-corrected chi connectivity index (χ2v) is 8.43. The molecule has 2 aliphatic rings. The van der Waals surface area contributed by atoms with Gasteiger partial charge in [0.1, 0.15) is 0 Å². The number of aliphatic hydroxyl groups is 1. The minimum absolute atomic E-state index is 0.200. The summed E-state index contributed by atoms with van der Waals surface area (Å²) in [7, 11) is 0. The van der Waals surface area contributed by atoms with E-state index in [1.807, 2.05) is 17.8 Å². The highest BCUT2D eigenvalue weighted by Gasteiger charge is 2.37. The fourth-order valence-electron chi connectivity index (χ4n) is 3.17. The van der Waals surface area contributed by atoms with E-state index in [1.165, 1.54) is 12.0 Å². The Morgan fingerprint density at radius 1 is 1.58 bits per heavy atom. The molecule has 0 amide bonds.